The van der Waals surface area contributed by atoms with E-state index in [-0.39, 0.29) is 10.8 Å². The zero-order valence-corrected chi connectivity index (χ0v) is 21.7. The van der Waals surface area contributed by atoms with Crippen molar-refractivity contribution in [3.63, 3.8) is 0 Å². The molecule has 1 aliphatic carbocycles. The van der Waals surface area contributed by atoms with E-state index >= 15 is 0 Å². The number of benzene rings is 1. The number of aromatic nitrogens is 2. The van der Waals surface area contributed by atoms with Gasteiger partial charge in [-0.25, -0.2) is 9.97 Å². The first-order chi connectivity index (χ1) is 16.2. The fourth-order valence-electron chi connectivity index (χ4n) is 5.28. The minimum absolute atomic E-state index is 0.178. The topological polar surface area (TPSA) is 61.7 Å². The van der Waals surface area contributed by atoms with Gasteiger partial charge in [0.2, 0.25) is 0 Å². The first-order valence-electron chi connectivity index (χ1n) is 12.9. The molecule has 0 bridgehead atoms. The second-order valence-electron chi connectivity index (χ2n) is 11.3. The van der Waals surface area contributed by atoms with E-state index in [9.17, 15) is 5.11 Å². The van der Waals surface area contributed by atoms with Crippen molar-refractivity contribution in [1.82, 2.24) is 14.9 Å². The Balaban J connectivity index is 1.40. The third-order valence-corrected chi connectivity index (χ3v) is 7.68. The number of anilines is 1. The average Bonchev–Trinajstić information content (AvgIpc) is 2.82. The molecule has 186 valence electrons. The summed E-state index contributed by atoms with van der Waals surface area (Å²) in [5.41, 5.74) is 4.43. The minimum atomic E-state index is -0.666. The number of rotatable bonds is 8. The van der Waals surface area contributed by atoms with Gasteiger partial charge in [-0.15, -0.1) is 0 Å². The molecular formula is C28H42N4O2. The maximum absolute atomic E-state index is 9.18. The fourth-order valence-corrected chi connectivity index (χ4v) is 5.28. The molecule has 0 saturated carbocycles. The SMILES string of the molecule is CC(O)OCCCCN1CCN(c2ccnc(-c3ccc4c(c3)C(C)(C)CCC4(C)C)n2)CC1. The molecule has 6 nitrogen and oxygen atoms in total. The average molecular weight is 467 g/mol. The predicted molar refractivity (Wildman–Crippen MR) is 138 cm³/mol. The smallest absolute Gasteiger partial charge is 0.161 e. The van der Waals surface area contributed by atoms with Gasteiger partial charge in [-0.1, -0.05) is 39.8 Å². The molecular weight excluding hydrogens is 424 g/mol. The van der Waals surface area contributed by atoms with Crippen LogP contribution in [0.3, 0.4) is 0 Å². The molecule has 4 rings (SSSR count). The van der Waals surface area contributed by atoms with E-state index in [2.05, 4.69) is 60.7 Å². The van der Waals surface area contributed by atoms with Crippen LogP contribution in [-0.4, -0.2) is 65.6 Å². The van der Waals surface area contributed by atoms with Crippen molar-refractivity contribution in [2.24, 2.45) is 0 Å². The van der Waals surface area contributed by atoms with Gasteiger partial charge in [-0.05, 0) is 73.2 Å². The van der Waals surface area contributed by atoms with Crippen LogP contribution >= 0.6 is 0 Å². The first kappa shape index (κ1) is 25.1. The number of aliphatic hydroxyl groups excluding tert-OH is 1. The fraction of sp³-hybridized carbons (Fsp3) is 0.643. The van der Waals surface area contributed by atoms with E-state index in [1.165, 1.54) is 24.0 Å². The Morgan fingerprint density at radius 1 is 0.971 bits per heavy atom. The Morgan fingerprint density at radius 3 is 2.38 bits per heavy atom. The normalized spacial score (nSPS) is 20.7. The maximum Gasteiger partial charge on any atom is 0.161 e. The number of hydrogen-bond donors (Lipinski definition) is 1. The van der Waals surface area contributed by atoms with Crippen LogP contribution in [0.4, 0.5) is 5.82 Å². The highest BCUT2D eigenvalue weighted by molar-refractivity contribution is 5.61. The van der Waals surface area contributed by atoms with Crippen LogP contribution in [0.5, 0.6) is 0 Å². The molecule has 1 aromatic heterocycles. The quantitative estimate of drug-likeness (QED) is 0.447. The molecule has 2 heterocycles. The van der Waals surface area contributed by atoms with Crippen LogP contribution in [0.2, 0.25) is 0 Å². The maximum atomic E-state index is 9.18. The predicted octanol–water partition coefficient (Wildman–Crippen LogP) is 4.75. The van der Waals surface area contributed by atoms with Crippen molar-refractivity contribution >= 4 is 5.82 Å². The molecule has 1 atom stereocenters. The molecule has 2 aromatic rings. The molecule has 34 heavy (non-hydrogen) atoms. The highest BCUT2D eigenvalue weighted by atomic mass is 16.6. The number of aliphatic hydroxyl groups is 1. The van der Waals surface area contributed by atoms with Gasteiger partial charge < -0.3 is 14.7 Å². The van der Waals surface area contributed by atoms with Crippen molar-refractivity contribution in [1.29, 1.82) is 0 Å². The number of fused-ring (bicyclic) bond motifs is 1. The van der Waals surface area contributed by atoms with Crippen LogP contribution in [0.1, 0.15) is 71.4 Å². The lowest BCUT2D eigenvalue weighted by molar-refractivity contribution is -0.0861. The molecule has 1 aliphatic heterocycles. The van der Waals surface area contributed by atoms with E-state index in [0.29, 0.717) is 6.61 Å². The Morgan fingerprint density at radius 2 is 1.68 bits per heavy atom. The molecule has 1 aromatic carbocycles. The van der Waals surface area contributed by atoms with E-state index in [4.69, 9.17) is 9.72 Å². The van der Waals surface area contributed by atoms with Crippen LogP contribution in [0, 0.1) is 0 Å². The van der Waals surface area contributed by atoms with Crippen molar-refractivity contribution in [3.05, 3.63) is 41.6 Å². The van der Waals surface area contributed by atoms with Gasteiger partial charge in [0, 0.05) is 44.5 Å². The standard InChI is InChI=1S/C28H42N4O2/c1-21(33)34-19-7-6-14-31-15-17-32(18-16-31)25-10-13-29-26(30-25)22-8-9-23-24(20-22)28(4,5)12-11-27(23,2)3/h8-10,13,20-21,33H,6-7,11-12,14-19H2,1-5H3. The largest absolute Gasteiger partial charge is 0.368 e. The summed E-state index contributed by atoms with van der Waals surface area (Å²) in [6.45, 7) is 16.8. The zero-order chi connectivity index (χ0) is 24.3. The molecule has 6 heteroatoms. The number of piperazine rings is 1. The van der Waals surface area contributed by atoms with Crippen LogP contribution in [0.15, 0.2) is 30.5 Å². The lowest BCUT2D eigenvalue weighted by Crippen LogP contribution is -2.47. The molecule has 1 fully saturated rings. The molecule has 1 N–H and O–H groups in total. The van der Waals surface area contributed by atoms with Crippen molar-refractivity contribution < 1.29 is 9.84 Å². The Bertz CT molecular complexity index is 965. The van der Waals surface area contributed by atoms with Crippen molar-refractivity contribution in [2.75, 3.05) is 44.2 Å². The second kappa shape index (κ2) is 10.3. The number of nitrogens with zero attached hydrogens (tertiary/aromatic N) is 4. The molecule has 1 saturated heterocycles. The van der Waals surface area contributed by atoms with Gasteiger partial charge in [0.1, 0.15) is 5.82 Å². The molecule has 0 spiro atoms. The monoisotopic (exact) mass is 466 g/mol. The van der Waals surface area contributed by atoms with Crippen LogP contribution < -0.4 is 4.90 Å². The minimum Gasteiger partial charge on any atom is -0.368 e. The molecule has 1 unspecified atom stereocenters. The Hall–Kier alpha value is -2.02. The summed E-state index contributed by atoms with van der Waals surface area (Å²) in [7, 11) is 0. The van der Waals surface area contributed by atoms with Gasteiger partial charge in [0.15, 0.2) is 12.1 Å². The van der Waals surface area contributed by atoms with Crippen molar-refractivity contribution in [3.8, 4) is 11.4 Å². The first-order valence-corrected chi connectivity index (χ1v) is 12.9. The number of ether oxygens (including phenoxy) is 1. The lowest BCUT2D eigenvalue weighted by atomic mass is 9.63. The highest BCUT2D eigenvalue weighted by Gasteiger charge is 2.37. The summed E-state index contributed by atoms with van der Waals surface area (Å²) in [4.78, 5) is 14.5. The van der Waals surface area contributed by atoms with Gasteiger partial charge in [-0.3, -0.25) is 4.90 Å². The second-order valence-corrected chi connectivity index (χ2v) is 11.3. The van der Waals surface area contributed by atoms with Gasteiger partial charge >= 0.3 is 0 Å². The zero-order valence-electron chi connectivity index (χ0n) is 21.7. The summed E-state index contributed by atoms with van der Waals surface area (Å²) in [6, 6.07) is 8.90. The van der Waals surface area contributed by atoms with E-state index in [1.807, 2.05) is 12.3 Å². The van der Waals surface area contributed by atoms with Crippen LogP contribution in [0.25, 0.3) is 11.4 Å². The summed E-state index contributed by atoms with van der Waals surface area (Å²) >= 11 is 0. The van der Waals surface area contributed by atoms with E-state index in [0.717, 1.165) is 62.8 Å². The number of hydrogen-bond acceptors (Lipinski definition) is 6. The lowest BCUT2D eigenvalue weighted by Gasteiger charge is -2.42. The number of unbranched alkanes of at least 4 members (excludes halogenated alkanes) is 1. The Labute approximate surface area is 205 Å². The third-order valence-electron chi connectivity index (χ3n) is 7.68. The van der Waals surface area contributed by atoms with Crippen molar-refractivity contribution in [2.45, 2.75) is 77.4 Å². The summed E-state index contributed by atoms with van der Waals surface area (Å²) in [5.74, 6) is 1.84. The van der Waals surface area contributed by atoms with Gasteiger partial charge in [-0.2, -0.15) is 0 Å². The third kappa shape index (κ3) is 5.78. The van der Waals surface area contributed by atoms with Gasteiger partial charge in [0.05, 0.1) is 0 Å². The molecule has 0 radical (unpaired) electrons. The molecule has 2 aliphatic rings. The van der Waals surface area contributed by atoms with Crippen LogP contribution in [-0.2, 0) is 15.6 Å². The summed E-state index contributed by atoms with van der Waals surface area (Å²) in [6.07, 6.45) is 5.74. The summed E-state index contributed by atoms with van der Waals surface area (Å²) in [5, 5.41) is 9.18. The van der Waals surface area contributed by atoms with E-state index in [1.54, 1.807) is 6.92 Å². The highest BCUT2D eigenvalue weighted by Crippen LogP contribution is 2.46. The Kier molecular flexibility index (Phi) is 7.60. The molecule has 0 amide bonds. The van der Waals surface area contributed by atoms with Gasteiger partial charge in [0.25, 0.3) is 0 Å². The van der Waals surface area contributed by atoms with E-state index < -0.39 is 6.29 Å². The summed E-state index contributed by atoms with van der Waals surface area (Å²) < 4.78 is 5.22.